The Kier molecular flexibility index (Phi) is 2.34. The van der Waals surface area contributed by atoms with Gasteiger partial charge in [0.05, 0.1) is 0 Å². The molecule has 1 aromatic heterocycles. The second-order valence-corrected chi connectivity index (χ2v) is 4.10. The van der Waals surface area contributed by atoms with Gasteiger partial charge in [-0.25, -0.2) is 0 Å². The van der Waals surface area contributed by atoms with E-state index in [9.17, 15) is 0 Å². The van der Waals surface area contributed by atoms with E-state index in [2.05, 4.69) is 16.7 Å². The maximum atomic E-state index is 5.91. The van der Waals surface area contributed by atoms with Crippen LogP contribution < -0.4 is 4.57 Å². The average molecular weight is 211 g/mol. The Morgan fingerprint density at radius 1 is 1.54 bits per heavy atom. The quantitative estimate of drug-likeness (QED) is 0.530. The molecule has 0 N–H and O–H groups in total. The highest BCUT2D eigenvalue weighted by atomic mass is 35.5. The third-order valence-electron chi connectivity index (χ3n) is 1.86. The molecule has 66 valence electrons. The van der Waals surface area contributed by atoms with Gasteiger partial charge in [0.25, 0.3) is 0 Å². The number of benzene rings is 1. The lowest BCUT2D eigenvalue weighted by molar-refractivity contribution is -0.656. The van der Waals surface area contributed by atoms with Crippen molar-refractivity contribution >= 4 is 33.2 Å². The normalized spacial score (nSPS) is 10.5. The van der Waals surface area contributed by atoms with Gasteiger partial charge in [-0.3, -0.25) is 0 Å². The van der Waals surface area contributed by atoms with Crippen molar-refractivity contribution in [3.05, 3.63) is 41.4 Å². The lowest BCUT2D eigenvalue weighted by atomic mass is 10.3. The van der Waals surface area contributed by atoms with Gasteiger partial charge >= 0.3 is 0 Å². The van der Waals surface area contributed by atoms with E-state index in [1.54, 1.807) is 11.3 Å². The fourth-order valence-electron chi connectivity index (χ4n) is 1.27. The van der Waals surface area contributed by atoms with Crippen molar-refractivity contribution in [2.45, 2.75) is 6.54 Å². The van der Waals surface area contributed by atoms with Crippen LogP contribution >= 0.6 is 22.9 Å². The van der Waals surface area contributed by atoms with E-state index in [4.69, 9.17) is 11.6 Å². The number of aromatic nitrogens is 1. The lowest BCUT2D eigenvalue weighted by Crippen LogP contribution is -2.29. The molecule has 1 aromatic carbocycles. The minimum Gasteiger partial charge on any atom is -0.185 e. The Morgan fingerprint density at radius 2 is 2.38 bits per heavy atom. The Bertz CT molecular complexity index is 447. The third kappa shape index (κ3) is 1.60. The van der Waals surface area contributed by atoms with Crippen LogP contribution in [0.2, 0.25) is 5.02 Å². The minimum absolute atomic E-state index is 0.781. The fraction of sp³-hybridized carbons (Fsp3) is 0.100. The standard InChI is InChI=1S/C10H9ClNS/c1-2-5-12-7-13-10-4-3-8(11)6-9(10)12/h2-4,6-7H,1,5H2/q+1. The van der Waals surface area contributed by atoms with Gasteiger partial charge in [-0.15, -0.1) is 0 Å². The van der Waals surface area contributed by atoms with E-state index in [1.807, 2.05) is 24.3 Å². The van der Waals surface area contributed by atoms with E-state index in [0.717, 1.165) is 11.6 Å². The SMILES string of the molecule is C=CC[n+]1csc2ccc(Cl)cc21. The van der Waals surface area contributed by atoms with Crippen LogP contribution in [0.5, 0.6) is 0 Å². The summed E-state index contributed by atoms with van der Waals surface area (Å²) in [6.45, 7) is 4.55. The summed E-state index contributed by atoms with van der Waals surface area (Å²) in [6.07, 6.45) is 1.88. The summed E-state index contributed by atoms with van der Waals surface area (Å²) in [5.41, 5.74) is 3.26. The van der Waals surface area contributed by atoms with E-state index in [-0.39, 0.29) is 0 Å². The molecule has 0 unspecified atom stereocenters. The monoisotopic (exact) mass is 210 g/mol. The summed E-state index contributed by atoms with van der Waals surface area (Å²) in [5.74, 6) is 0. The van der Waals surface area contributed by atoms with Crippen molar-refractivity contribution in [2.24, 2.45) is 0 Å². The zero-order valence-electron chi connectivity index (χ0n) is 7.03. The summed E-state index contributed by atoms with van der Waals surface area (Å²) in [4.78, 5) is 0. The van der Waals surface area contributed by atoms with Gasteiger partial charge in [0.15, 0.2) is 6.54 Å². The highest BCUT2D eigenvalue weighted by Crippen LogP contribution is 2.20. The molecular weight excluding hydrogens is 202 g/mol. The van der Waals surface area contributed by atoms with Crippen molar-refractivity contribution in [3.63, 3.8) is 0 Å². The molecule has 0 aliphatic heterocycles. The zero-order valence-corrected chi connectivity index (χ0v) is 8.61. The molecule has 0 bridgehead atoms. The van der Waals surface area contributed by atoms with Crippen LogP contribution in [0.3, 0.4) is 0 Å². The van der Waals surface area contributed by atoms with Gasteiger partial charge in [0, 0.05) is 11.1 Å². The van der Waals surface area contributed by atoms with Crippen LogP contribution in [0.4, 0.5) is 0 Å². The Hall–Kier alpha value is -0.860. The third-order valence-corrected chi connectivity index (χ3v) is 3.06. The van der Waals surface area contributed by atoms with Gasteiger partial charge in [-0.1, -0.05) is 29.5 Å². The molecule has 2 rings (SSSR count). The number of nitrogens with zero attached hydrogens (tertiary/aromatic N) is 1. The molecule has 0 atom stereocenters. The molecule has 0 aliphatic rings. The molecule has 0 radical (unpaired) electrons. The van der Waals surface area contributed by atoms with Gasteiger partial charge in [0.2, 0.25) is 11.0 Å². The van der Waals surface area contributed by atoms with Crippen molar-refractivity contribution in [1.29, 1.82) is 0 Å². The first-order valence-corrected chi connectivity index (χ1v) is 5.24. The van der Waals surface area contributed by atoms with Crippen molar-refractivity contribution in [1.82, 2.24) is 0 Å². The zero-order chi connectivity index (χ0) is 9.26. The molecule has 0 aliphatic carbocycles. The summed E-state index contributed by atoms with van der Waals surface area (Å²) < 4.78 is 3.39. The molecule has 1 heterocycles. The highest BCUT2D eigenvalue weighted by molar-refractivity contribution is 7.16. The Balaban J connectivity index is 2.64. The van der Waals surface area contributed by atoms with Crippen molar-refractivity contribution in [3.8, 4) is 0 Å². The summed E-state index contributed by atoms with van der Waals surface area (Å²) in [7, 11) is 0. The van der Waals surface area contributed by atoms with Crippen LogP contribution in [0, 0.1) is 0 Å². The smallest absolute Gasteiger partial charge is 0.185 e. The number of fused-ring (bicyclic) bond motifs is 1. The van der Waals surface area contributed by atoms with Gasteiger partial charge in [-0.2, -0.15) is 4.57 Å². The van der Waals surface area contributed by atoms with Crippen LogP contribution in [-0.2, 0) is 6.54 Å². The highest BCUT2D eigenvalue weighted by Gasteiger charge is 2.09. The number of thiazole rings is 1. The van der Waals surface area contributed by atoms with Crippen LogP contribution in [0.15, 0.2) is 36.4 Å². The molecule has 0 spiro atoms. The van der Waals surface area contributed by atoms with Crippen LogP contribution in [0.25, 0.3) is 10.2 Å². The number of halogens is 1. The Morgan fingerprint density at radius 3 is 3.15 bits per heavy atom. The van der Waals surface area contributed by atoms with Gasteiger partial charge in [0.1, 0.15) is 4.70 Å². The molecule has 1 nitrogen and oxygen atoms in total. The molecule has 13 heavy (non-hydrogen) atoms. The van der Waals surface area contributed by atoms with E-state index < -0.39 is 0 Å². The van der Waals surface area contributed by atoms with Gasteiger partial charge in [-0.05, 0) is 18.2 Å². The molecule has 0 saturated carbocycles. The first kappa shape index (κ1) is 8.73. The molecule has 0 amide bonds. The topological polar surface area (TPSA) is 3.88 Å². The van der Waals surface area contributed by atoms with E-state index >= 15 is 0 Å². The molecular formula is C10H9ClNS+. The summed E-state index contributed by atoms with van der Waals surface area (Å²) in [5, 5.41) is 0.781. The molecule has 0 fully saturated rings. The lowest BCUT2D eigenvalue weighted by Gasteiger charge is -1.89. The van der Waals surface area contributed by atoms with Gasteiger partial charge < -0.3 is 0 Å². The van der Waals surface area contributed by atoms with Crippen molar-refractivity contribution in [2.75, 3.05) is 0 Å². The average Bonchev–Trinajstić information content (AvgIpc) is 2.49. The predicted molar refractivity (Wildman–Crippen MR) is 57.2 cm³/mol. The number of hydrogen-bond donors (Lipinski definition) is 0. The number of rotatable bonds is 2. The van der Waals surface area contributed by atoms with Crippen LogP contribution in [0.1, 0.15) is 0 Å². The minimum atomic E-state index is 0.781. The number of allylic oxidation sites excluding steroid dienone is 1. The van der Waals surface area contributed by atoms with Crippen molar-refractivity contribution < 1.29 is 4.57 Å². The largest absolute Gasteiger partial charge is 0.226 e. The molecule has 0 saturated heterocycles. The fourth-order valence-corrected chi connectivity index (χ4v) is 2.32. The molecule has 3 heteroatoms. The number of hydrogen-bond acceptors (Lipinski definition) is 1. The van der Waals surface area contributed by atoms with E-state index in [1.165, 1.54) is 10.2 Å². The molecule has 2 aromatic rings. The summed E-state index contributed by atoms with van der Waals surface area (Å²) in [6, 6.07) is 5.94. The predicted octanol–water partition coefficient (Wildman–Crippen LogP) is 3.03. The van der Waals surface area contributed by atoms with Crippen LogP contribution in [-0.4, -0.2) is 0 Å². The second-order valence-electron chi connectivity index (χ2n) is 2.78. The maximum absolute atomic E-state index is 5.91. The maximum Gasteiger partial charge on any atom is 0.226 e. The first-order chi connectivity index (χ1) is 6.31. The summed E-state index contributed by atoms with van der Waals surface area (Å²) >= 11 is 7.63. The first-order valence-electron chi connectivity index (χ1n) is 3.98. The Labute approximate surface area is 85.9 Å². The van der Waals surface area contributed by atoms with E-state index in [0.29, 0.717) is 0 Å². The second kappa shape index (κ2) is 3.48.